The molecule has 0 saturated carbocycles. The summed E-state index contributed by atoms with van der Waals surface area (Å²) in [5, 5.41) is 0. The number of nitrogen functional groups attached to an aromatic ring is 1. The summed E-state index contributed by atoms with van der Waals surface area (Å²) >= 11 is 0. The highest BCUT2D eigenvalue weighted by molar-refractivity contribution is 6.04. The summed E-state index contributed by atoms with van der Waals surface area (Å²) in [6.45, 7) is 7.92. The third kappa shape index (κ3) is 5.75. The first-order chi connectivity index (χ1) is 15.0. The van der Waals surface area contributed by atoms with Crippen LogP contribution in [0.5, 0.6) is 11.5 Å². The Hall–Kier alpha value is -3.62. The number of amidine groups is 1. The van der Waals surface area contributed by atoms with E-state index in [1.54, 1.807) is 35.2 Å². The molecule has 1 saturated heterocycles. The van der Waals surface area contributed by atoms with Gasteiger partial charge in [0.05, 0.1) is 6.04 Å². The fourth-order valence-electron chi connectivity index (χ4n) is 3.29. The number of benzene rings is 1. The molecule has 0 radical (unpaired) electrons. The molecule has 1 aliphatic heterocycles. The second-order valence-electron chi connectivity index (χ2n) is 8.64. The minimum Gasteiger partial charge on any atom is -0.456 e. The number of carbonyl (C=O) groups is 2. The Labute approximate surface area is 187 Å². The second-order valence-corrected chi connectivity index (χ2v) is 8.64. The fraction of sp³-hybridized carbons (Fsp3) is 0.391. The molecular weight excluding hydrogens is 410 g/mol. The van der Waals surface area contributed by atoms with Gasteiger partial charge < -0.3 is 25.8 Å². The van der Waals surface area contributed by atoms with Crippen LogP contribution in [0.15, 0.2) is 41.5 Å². The third-order valence-electron chi connectivity index (χ3n) is 4.82. The van der Waals surface area contributed by atoms with E-state index in [-0.39, 0.29) is 29.6 Å². The number of hydrogen-bond donors (Lipinski definition) is 2. The van der Waals surface area contributed by atoms with E-state index in [0.717, 1.165) is 0 Å². The number of Topliss-reactive ketones (excluding diaryl/α,β-unsaturated/α-hetero) is 1. The second kappa shape index (κ2) is 9.25. The van der Waals surface area contributed by atoms with E-state index in [2.05, 4.69) is 9.98 Å². The number of aliphatic imine (C=N–C) groups is 1. The smallest absolute Gasteiger partial charge is 0.410 e. The number of likely N-dealkylation sites (tertiary alicyclic amines) is 1. The molecule has 4 N–H and O–H groups in total. The van der Waals surface area contributed by atoms with Gasteiger partial charge in [-0.3, -0.25) is 9.79 Å². The quantitative estimate of drug-likeness (QED) is 0.414. The van der Waals surface area contributed by atoms with E-state index in [1.807, 2.05) is 20.8 Å². The number of nitrogens with zero attached hydrogens (tertiary/aromatic N) is 3. The fourth-order valence-corrected chi connectivity index (χ4v) is 3.29. The van der Waals surface area contributed by atoms with Gasteiger partial charge >= 0.3 is 6.09 Å². The molecule has 9 nitrogen and oxygen atoms in total. The van der Waals surface area contributed by atoms with Crippen molar-refractivity contribution in [3.8, 4) is 11.5 Å². The van der Waals surface area contributed by atoms with E-state index in [0.29, 0.717) is 42.1 Å². The summed E-state index contributed by atoms with van der Waals surface area (Å²) in [4.78, 5) is 34.1. The van der Waals surface area contributed by atoms with Gasteiger partial charge in [0.25, 0.3) is 0 Å². The van der Waals surface area contributed by atoms with Gasteiger partial charge in [-0.2, -0.15) is 0 Å². The van der Waals surface area contributed by atoms with Gasteiger partial charge in [0, 0.05) is 30.9 Å². The molecule has 1 unspecified atom stereocenters. The highest BCUT2D eigenvalue weighted by atomic mass is 16.6. The first kappa shape index (κ1) is 23.1. The molecule has 3 rings (SSSR count). The van der Waals surface area contributed by atoms with Crippen molar-refractivity contribution < 1.29 is 19.1 Å². The molecule has 1 fully saturated rings. The predicted octanol–water partition coefficient (Wildman–Crippen LogP) is 3.37. The number of hydrogen-bond acceptors (Lipinski definition) is 7. The molecule has 2 heterocycles. The summed E-state index contributed by atoms with van der Waals surface area (Å²) < 4.78 is 11.4. The Kier molecular flexibility index (Phi) is 6.67. The van der Waals surface area contributed by atoms with E-state index in [9.17, 15) is 9.59 Å². The predicted molar refractivity (Wildman–Crippen MR) is 122 cm³/mol. The standard InChI is InChI=1S/C23H29N5O4/c1-14(29)15-5-7-17(8-6-15)31-18-9-11-26-20(24)19(18)21(25)27-16-10-12-28(13-16)22(30)32-23(2,3)4/h5-9,11,16H,10,12-13H2,1-4H3,(H2,24,26)(H2,25,27). The van der Waals surface area contributed by atoms with Gasteiger partial charge in [0.15, 0.2) is 5.78 Å². The van der Waals surface area contributed by atoms with Gasteiger partial charge in [-0.1, -0.05) is 0 Å². The van der Waals surface area contributed by atoms with Gasteiger partial charge in [-0.25, -0.2) is 9.78 Å². The maximum Gasteiger partial charge on any atom is 0.410 e. The molecular formula is C23H29N5O4. The molecule has 1 atom stereocenters. The molecule has 32 heavy (non-hydrogen) atoms. The molecule has 9 heteroatoms. The molecule has 1 aromatic carbocycles. The van der Waals surface area contributed by atoms with Crippen molar-refractivity contribution in [2.24, 2.45) is 10.7 Å². The number of rotatable bonds is 5. The van der Waals surface area contributed by atoms with Crippen molar-refractivity contribution in [3.63, 3.8) is 0 Å². The lowest BCUT2D eigenvalue weighted by Crippen LogP contribution is -2.35. The number of carbonyl (C=O) groups excluding carboxylic acids is 2. The summed E-state index contributed by atoms with van der Waals surface area (Å²) in [7, 11) is 0. The molecule has 0 bridgehead atoms. The van der Waals surface area contributed by atoms with Crippen LogP contribution in [0.1, 0.15) is 50.0 Å². The van der Waals surface area contributed by atoms with Crippen LogP contribution >= 0.6 is 0 Å². The molecule has 1 aromatic heterocycles. The van der Waals surface area contributed by atoms with E-state index < -0.39 is 5.60 Å². The summed E-state index contributed by atoms with van der Waals surface area (Å²) in [6, 6.07) is 8.21. The van der Waals surface area contributed by atoms with Gasteiger partial charge in [-0.15, -0.1) is 0 Å². The van der Waals surface area contributed by atoms with Crippen LogP contribution in [0.4, 0.5) is 10.6 Å². The molecule has 170 valence electrons. The Morgan fingerprint density at radius 2 is 1.88 bits per heavy atom. The minimum atomic E-state index is -0.559. The van der Waals surface area contributed by atoms with Crippen molar-refractivity contribution in [1.29, 1.82) is 0 Å². The molecule has 2 aromatic rings. The van der Waals surface area contributed by atoms with Crippen molar-refractivity contribution >= 4 is 23.5 Å². The largest absolute Gasteiger partial charge is 0.456 e. The van der Waals surface area contributed by atoms with Gasteiger partial charge in [0.2, 0.25) is 0 Å². The van der Waals surface area contributed by atoms with Crippen LogP contribution < -0.4 is 16.2 Å². The maximum absolute atomic E-state index is 12.3. The van der Waals surface area contributed by atoms with Crippen LogP contribution in [-0.2, 0) is 4.74 Å². The summed E-state index contributed by atoms with van der Waals surface area (Å²) in [6.07, 6.45) is 1.81. The molecule has 1 amide bonds. The van der Waals surface area contributed by atoms with Gasteiger partial charge in [0.1, 0.15) is 34.3 Å². The van der Waals surface area contributed by atoms with Crippen molar-refractivity contribution in [2.45, 2.75) is 45.8 Å². The number of anilines is 1. The van der Waals surface area contributed by atoms with Crippen molar-refractivity contribution in [2.75, 3.05) is 18.8 Å². The lowest BCUT2D eigenvalue weighted by atomic mass is 10.1. The highest BCUT2D eigenvalue weighted by Gasteiger charge is 2.30. The highest BCUT2D eigenvalue weighted by Crippen LogP contribution is 2.29. The number of amides is 1. The van der Waals surface area contributed by atoms with Crippen LogP contribution in [0, 0.1) is 0 Å². The Morgan fingerprint density at radius 3 is 2.50 bits per heavy atom. The average Bonchev–Trinajstić information content (AvgIpc) is 3.16. The number of ketones is 1. The third-order valence-corrected chi connectivity index (χ3v) is 4.82. The van der Waals surface area contributed by atoms with Crippen molar-refractivity contribution in [1.82, 2.24) is 9.88 Å². The summed E-state index contributed by atoms with van der Waals surface area (Å²) in [5.41, 5.74) is 12.8. The number of nitrogens with two attached hydrogens (primary N) is 2. The Morgan fingerprint density at radius 1 is 1.19 bits per heavy atom. The molecule has 1 aliphatic rings. The molecule has 0 spiro atoms. The Bertz CT molecular complexity index is 1030. The lowest BCUT2D eigenvalue weighted by molar-refractivity contribution is 0.0292. The zero-order valence-corrected chi connectivity index (χ0v) is 18.8. The average molecular weight is 440 g/mol. The number of pyridine rings is 1. The topological polar surface area (TPSA) is 133 Å². The van der Waals surface area contributed by atoms with Crippen LogP contribution in [-0.4, -0.2) is 52.3 Å². The van der Waals surface area contributed by atoms with E-state index >= 15 is 0 Å². The zero-order chi connectivity index (χ0) is 23.5. The van der Waals surface area contributed by atoms with Crippen molar-refractivity contribution in [3.05, 3.63) is 47.7 Å². The first-order valence-electron chi connectivity index (χ1n) is 10.4. The van der Waals surface area contributed by atoms with Gasteiger partial charge in [-0.05, 0) is 58.4 Å². The van der Waals surface area contributed by atoms with E-state index in [1.165, 1.54) is 13.1 Å². The van der Waals surface area contributed by atoms with Crippen LogP contribution in [0.3, 0.4) is 0 Å². The minimum absolute atomic E-state index is 0.0289. The normalized spacial score (nSPS) is 16.7. The lowest BCUT2D eigenvalue weighted by Gasteiger charge is -2.24. The first-order valence-corrected chi connectivity index (χ1v) is 10.4. The monoisotopic (exact) mass is 439 g/mol. The van der Waals surface area contributed by atoms with E-state index in [4.69, 9.17) is 20.9 Å². The number of ether oxygens (including phenoxy) is 2. The Balaban J connectivity index is 1.77. The van der Waals surface area contributed by atoms with Crippen LogP contribution in [0.2, 0.25) is 0 Å². The molecule has 0 aliphatic carbocycles. The van der Waals surface area contributed by atoms with Crippen LogP contribution in [0.25, 0.3) is 0 Å². The summed E-state index contributed by atoms with van der Waals surface area (Å²) in [5.74, 6) is 1.26. The number of aromatic nitrogens is 1. The zero-order valence-electron chi connectivity index (χ0n) is 18.8. The maximum atomic E-state index is 12.3. The SMILES string of the molecule is CC(=O)c1ccc(Oc2ccnc(N)c2C(N)=NC2CCN(C(=O)OC(C)(C)C)C2)cc1.